The Morgan fingerprint density at radius 3 is 2.80 bits per heavy atom. The molecule has 5 atom stereocenters. The van der Waals surface area contributed by atoms with E-state index < -0.39 is 0 Å². The van der Waals surface area contributed by atoms with Gasteiger partial charge < -0.3 is 15.0 Å². The molecule has 4 nitrogen and oxygen atoms in total. The summed E-state index contributed by atoms with van der Waals surface area (Å²) in [6, 6.07) is 12.1. The minimum atomic E-state index is 0.161. The Morgan fingerprint density at radius 2 is 2.04 bits per heavy atom. The van der Waals surface area contributed by atoms with Gasteiger partial charge in [-0.1, -0.05) is 50.1 Å². The average Bonchev–Trinajstić information content (AvgIpc) is 2.81. The van der Waals surface area contributed by atoms with Crippen molar-refractivity contribution in [3.8, 4) is 0 Å². The molecule has 2 aliphatic heterocycles. The summed E-state index contributed by atoms with van der Waals surface area (Å²) < 4.78 is 5.24. The van der Waals surface area contributed by atoms with Crippen molar-refractivity contribution < 1.29 is 9.53 Å². The van der Waals surface area contributed by atoms with Crippen molar-refractivity contribution in [2.24, 2.45) is 5.41 Å². The summed E-state index contributed by atoms with van der Waals surface area (Å²) in [5.74, 6) is 0.161. The molecule has 4 heteroatoms. The number of hydrogen-bond donors (Lipinski definition) is 1. The molecule has 3 fully saturated rings. The molecule has 0 aromatic heterocycles. The Bertz CT molecular complexity index is 620. The summed E-state index contributed by atoms with van der Waals surface area (Å²) in [5.41, 5.74) is 1.52. The third kappa shape index (κ3) is 2.89. The van der Waals surface area contributed by atoms with Crippen LogP contribution in [-0.2, 0) is 16.0 Å². The number of fused-ring (bicyclic) bond motifs is 1. The smallest absolute Gasteiger partial charge is 0.249 e. The average molecular weight is 342 g/mol. The lowest BCUT2D eigenvalue weighted by Crippen LogP contribution is -2.62. The maximum absolute atomic E-state index is 13.0. The van der Waals surface area contributed by atoms with Crippen molar-refractivity contribution in [3.63, 3.8) is 0 Å². The number of likely N-dealkylation sites (tertiary alicyclic amines) is 1. The summed E-state index contributed by atoms with van der Waals surface area (Å²) >= 11 is 0. The molecule has 2 heterocycles. The number of carbonyl (C=O) groups is 1. The Morgan fingerprint density at radius 1 is 1.28 bits per heavy atom. The summed E-state index contributed by atoms with van der Waals surface area (Å²) in [7, 11) is 1.62. The zero-order valence-corrected chi connectivity index (χ0v) is 15.4. The van der Waals surface area contributed by atoms with Gasteiger partial charge in [-0.2, -0.15) is 0 Å². The van der Waals surface area contributed by atoms with Crippen molar-refractivity contribution in [2.75, 3.05) is 13.7 Å². The maximum atomic E-state index is 13.0. The SMILES string of the molecule is COCC(=O)N1[C@@H](Cc2ccccc2)[C@@H]2C[C@@]3(C)[C@H](CCCC[C@@H]13)N2. The Kier molecular flexibility index (Phi) is 4.59. The summed E-state index contributed by atoms with van der Waals surface area (Å²) in [6.07, 6.45) is 6.98. The minimum absolute atomic E-state index is 0.161. The number of nitrogens with one attached hydrogen (secondary N) is 1. The molecule has 1 saturated carbocycles. The first-order valence-corrected chi connectivity index (χ1v) is 9.73. The Hall–Kier alpha value is -1.39. The van der Waals surface area contributed by atoms with Crippen LogP contribution in [0.25, 0.3) is 0 Å². The fourth-order valence-corrected chi connectivity index (χ4v) is 5.70. The first kappa shape index (κ1) is 17.0. The number of benzene rings is 1. The first-order chi connectivity index (χ1) is 12.1. The molecule has 3 aliphatic rings. The molecule has 0 unspecified atom stereocenters. The number of hydrogen-bond acceptors (Lipinski definition) is 3. The van der Waals surface area contributed by atoms with Gasteiger partial charge in [0, 0.05) is 30.7 Å². The third-order valence-corrected chi connectivity index (χ3v) is 6.85. The highest BCUT2D eigenvalue weighted by Crippen LogP contribution is 2.51. The monoisotopic (exact) mass is 342 g/mol. The van der Waals surface area contributed by atoms with Crippen LogP contribution >= 0.6 is 0 Å². The molecule has 1 aromatic rings. The van der Waals surface area contributed by atoms with Crippen LogP contribution in [0.2, 0.25) is 0 Å². The molecule has 136 valence electrons. The van der Waals surface area contributed by atoms with Crippen LogP contribution in [0.3, 0.4) is 0 Å². The van der Waals surface area contributed by atoms with Crippen molar-refractivity contribution in [1.29, 1.82) is 0 Å². The second-order valence-electron chi connectivity index (χ2n) is 8.33. The van der Waals surface area contributed by atoms with Gasteiger partial charge in [-0.25, -0.2) is 0 Å². The molecule has 4 rings (SSSR count). The number of nitrogens with zero attached hydrogens (tertiary/aromatic N) is 1. The topological polar surface area (TPSA) is 41.6 Å². The number of carbonyl (C=O) groups excluding carboxylic acids is 1. The van der Waals surface area contributed by atoms with E-state index in [0.29, 0.717) is 18.1 Å². The molecule has 25 heavy (non-hydrogen) atoms. The van der Waals surface area contributed by atoms with Gasteiger partial charge in [0.2, 0.25) is 5.91 Å². The molecule has 2 bridgehead atoms. The van der Waals surface area contributed by atoms with Crippen molar-refractivity contribution in [1.82, 2.24) is 10.2 Å². The van der Waals surface area contributed by atoms with E-state index in [2.05, 4.69) is 47.5 Å². The van der Waals surface area contributed by atoms with Gasteiger partial charge in [0.05, 0.1) is 6.04 Å². The summed E-state index contributed by atoms with van der Waals surface area (Å²) in [5, 5.41) is 3.93. The third-order valence-electron chi connectivity index (χ3n) is 6.85. The number of amides is 1. The van der Waals surface area contributed by atoms with Gasteiger partial charge in [-0.15, -0.1) is 0 Å². The molecular weight excluding hydrogens is 312 g/mol. The van der Waals surface area contributed by atoms with E-state index >= 15 is 0 Å². The van der Waals surface area contributed by atoms with Gasteiger partial charge >= 0.3 is 0 Å². The molecule has 1 amide bonds. The lowest BCUT2D eigenvalue weighted by molar-refractivity contribution is -0.147. The predicted octanol–water partition coefficient (Wildman–Crippen LogP) is 2.77. The first-order valence-electron chi connectivity index (χ1n) is 9.73. The molecule has 1 aliphatic carbocycles. The number of rotatable bonds is 4. The highest BCUT2D eigenvalue weighted by atomic mass is 16.5. The number of methoxy groups -OCH3 is 1. The summed E-state index contributed by atoms with van der Waals surface area (Å²) in [6.45, 7) is 2.60. The Labute approximate surface area is 150 Å². The standard InChI is InChI=1S/C21H30N2O2/c1-21-13-16-17(12-15-8-4-3-5-9-15)23(20(24)14-25-2)19(21)11-7-6-10-18(21)22-16/h3-5,8-9,16-19,22H,6-7,10-14H2,1-2H3/t16-,17-,18-,19+,21-/m0/s1. The summed E-state index contributed by atoms with van der Waals surface area (Å²) in [4.78, 5) is 15.3. The van der Waals surface area contributed by atoms with E-state index in [9.17, 15) is 4.79 Å². The quantitative estimate of drug-likeness (QED) is 0.915. The van der Waals surface area contributed by atoms with E-state index in [1.54, 1.807) is 7.11 Å². The van der Waals surface area contributed by atoms with Crippen molar-refractivity contribution >= 4 is 5.91 Å². The van der Waals surface area contributed by atoms with Crippen LogP contribution in [0.5, 0.6) is 0 Å². The van der Waals surface area contributed by atoms with Crippen LogP contribution in [-0.4, -0.2) is 48.7 Å². The van der Waals surface area contributed by atoms with E-state index in [4.69, 9.17) is 4.74 Å². The lowest BCUT2D eigenvalue weighted by atomic mass is 9.69. The van der Waals surface area contributed by atoms with E-state index in [1.165, 1.54) is 31.2 Å². The van der Waals surface area contributed by atoms with E-state index in [-0.39, 0.29) is 24.0 Å². The molecule has 1 N–H and O–H groups in total. The number of ether oxygens (including phenoxy) is 1. The van der Waals surface area contributed by atoms with Gasteiger partial charge in [0.1, 0.15) is 6.61 Å². The molecule has 1 aromatic carbocycles. The van der Waals surface area contributed by atoms with Crippen LogP contribution in [0, 0.1) is 5.41 Å². The molecule has 0 radical (unpaired) electrons. The van der Waals surface area contributed by atoms with Gasteiger partial charge in [-0.3, -0.25) is 4.79 Å². The van der Waals surface area contributed by atoms with E-state index in [0.717, 1.165) is 12.8 Å². The second-order valence-corrected chi connectivity index (χ2v) is 8.33. The van der Waals surface area contributed by atoms with Gasteiger partial charge in [0.15, 0.2) is 0 Å². The normalized spacial score (nSPS) is 37.0. The predicted molar refractivity (Wildman–Crippen MR) is 98.3 cm³/mol. The van der Waals surface area contributed by atoms with Crippen molar-refractivity contribution in [3.05, 3.63) is 35.9 Å². The fourth-order valence-electron chi connectivity index (χ4n) is 5.70. The van der Waals surface area contributed by atoms with Crippen LogP contribution in [0.1, 0.15) is 44.6 Å². The Balaban J connectivity index is 1.70. The van der Waals surface area contributed by atoms with E-state index in [1.807, 2.05) is 0 Å². The zero-order valence-electron chi connectivity index (χ0n) is 15.4. The lowest BCUT2D eigenvalue weighted by Gasteiger charge is -2.51. The van der Waals surface area contributed by atoms with Crippen LogP contribution in [0.4, 0.5) is 0 Å². The molecular formula is C21H30N2O2. The highest BCUT2D eigenvalue weighted by Gasteiger charge is 2.59. The molecule has 0 spiro atoms. The van der Waals surface area contributed by atoms with Crippen LogP contribution in [0.15, 0.2) is 30.3 Å². The highest BCUT2D eigenvalue weighted by molar-refractivity contribution is 5.78. The van der Waals surface area contributed by atoms with Gasteiger partial charge in [0.25, 0.3) is 0 Å². The zero-order chi connectivity index (χ0) is 17.4. The van der Waals surface area contributed by atoms with Gasteiger partial charge in [-0.05, 0) is 31.2 Å². The minimum Gasteiger partial charge on any atom is -0.375 e. The fraction of sp³-hybridized carbons (Fsp3) is 0.667. The van der Waals surface area contributed by atoms with Crippen LogP contribution < -0.4 is 5.32 Å². The molecule has 2 saturated heterocycles. The maximum Gasteiger partial charge on any atom is 0.249 e. The van der Waals surface area contributed by atoms with Crippen molar-refractivity contribution in [2.45, 2.75) is 69.6 Å². The number of piperidine rings is 1. The second kappa shape index (κ2) is 6.73. The largest absolute Gasteiger partial charge is 0.375 e.